The third-order valence-corrected chi connectivity index (χ3v) is 2.76. The van der Waals surface area contributed by atoms with Crippen LogP contribution in [0.2, 0.25) is 0 Å². The summed E-state index contributed by atoms with van der Waals surface area (Å²) in [6.07, 6.45) is 0. The molecule has 0 N–H and O–H groups in total. The predicted molar refractivity (Wildman–Crippen MR) is 63.9 cm³/mol. The van der Waals surface area contributed by atoms with Crippen LogP contribution in [0.4, 0.5) is 0 Å². The largest absolute Gasteiger partial charge is 0.464 e. The van der Waals surface area contributed by atoms with Gasteiger partial charge in [-0.15, -0.1) is 0 Å². The fourth-order valence-electron chi connectivity index (χ4n) is 1.08. The van der Waals surface area contributed by atoms with Gasteiger partial charge in [-0.25, -0.2) is 0 Å². The number of ether oxygens (including phenoxy) is 1. The van der Waals surface area contributed by atoms with Crippen molar-refractivity contribution in [2.75, 3.05) is 6.61 Å². The molecule has 0 bridgehead atoms. The van der Waals surface area contributed by atoms with E-state index < -0.39 is 0 Å². The highest BCUT2D eigenvalue weighted by Gasteiger charge is 2.18. The molecule has 1 atom stereocenters. The highest BCUT2D eigenvalue weighted by molar-refractivity contribution is 9.09. The first-order valence-electron chi connectivity index (χ1n) is 4.97. The molecule has 0 radical (unpaired) electrons. The van der Waals surface area contributed by atoms with Crippen molar-refractivity contribution in [2.24, 2.45) is 5.92 Å². The number of carbonyl (C=O) groups excluding carboxylic acids is 1. The predicted octanol–water partition coefficient (Wildman–Crippen LogP) is 3.32. The lowest BCUT2D eigenvalue weighted by atomic mass is 10.1. The van der Waals surface area contributed by atoms with Crippen LogP contribution < -0.4 is 0 Å². The minimum Gasteiger partial charge on any atom is -0.464 e. The van der Waals surface area contributed by atoms with E-state index in [9.17, 15) is 4.79 Å². The number of halogens is 1. The molecule has 0 saturated carbocycles. The van der Waals surface area contributed by atoms with E-state index in [0.717, 1.165) is 5.56 Å². The average Bonchev–Trinajstić information content (AvgIpc) is 2.26. The highest BCUT2D eigenvalue weighted by atomic mass is 79.9. The Bertz CT molecular complexity index is 309. The van der Waals surface area contributed by atoms with E-state index >= 15 is 0 Å². The van der Waals surface area contributed by atoms with Crippen molar-refractivity contribution < 1.29 is 9.53 Å². The van der Waals surface area contributed by atoms with Crippen molar-refractivity contribution in [3.63, 3.8) is 0 Å². The molecule has 15 heavy (non-hydrogen) atoms. The Labute approximate surface area is 98.8 Å². The topological polar surface area (TPSA) is 26.3 Å². The number of rotatable bonds is 4. The molecule has 0 aliphatic heterocycles. The Morgan fingerprint density at radius 2 is 1.93 bits per heavy atom. The smallest absolute Gasteiger partial charge is 0.324 e. The molecule has 0 aromatic heterocycles. The fourth-order valence-corrected chi connectivity index (χ4v) is 1.52. The highest BCUT2D eigenvalue weighted by Crippen LogP contribution is 2.23. The quantitative estimate of drug-likeness (QED) is 0.620. The second-order valence-electron chi connectivity index (χ2n) is 3.80. The molecule has 2 nitrogen and oxygen atoms in total. The van der Waals surface area contributed by atoms with Crippen molar-refractivity contribution in [3.8, 4) is 0 Å². The SMILES string of the molecule is CC(C)COC(=O)[C@H](Br)c1ccccc1. The zero-order valence-electron chi connectivity index (χ0n) is 8.94. The van der Waals surface area contributed by atoms with E-state index in [-0.39, 0.29) is 10.8 Å². The van der Waals surface area contributed by atoms with Crippen LogP contribution in [-0.2, 0) is 9.53 Å². The van der Waals surface area contributed by atoms with Crippen LogP contribution in [0, 0.1) is 5.92 Å². The van der Waals surface area contributed by atoms with Crippen LogP contribution in [0.1, 0.15) is 24.2 Å². The van der Waals surface area contributed by atoms with Gasteiger partial charge in [-0.3, -0.25) is 4.79 Å². The van der Waals surface area contributed by atoms with E-state index in [1.54, 1.807) is 0 Å². The maximum absolute atomic E-state index is 11.6. The Balaban J connectivity index is 2.54. The third kappa shape index (κ3) is 4.04. The van der Waals surface area contributed by atoms with Gasteiger partial charge in [-0.05, 0) is 11.5 Å². The summed E-state index contributed by atoms with van der Waals surface area (Å²) in [5.74, 6) is 0.138. The Hall–Kier alpha value is -0.830. The van der Waals surface area contributed by atoms with Gasteiger partial charge in [0.05, 0.1) is 6.61 Å². The molecule has 0 spiro atoms. The lowest BCUT2D eigenvalue weighted by Gasteiger charge is -2.11. The maximum Gasteiger partial charge on any atom is 0.324 e. The first kappa shape index (κ1) is 12.2. The average molecular weight is 271 g/mol. The number of alkyl halides is 1. The normalized spacial score (nSPS) is 12.5. The molecule has 3 heteroatoms. The molecule has 0 aliphatic carbocycles. The summed E-state index contributed by atoms with van der Waals surface area (Å²) in [6, 6.07) is 9.52. The minimum absolute atomic E-state index is 0.227. The van der Waals surface area contributed by atoms with Crippen molar-refractivity contribution in [1.82, 2.24) is 0 Å². The van der Waals surface area contributed by atoms with Gasteiger partial charge in [0, 0.05) is 0 Å². The van der Waals surface area contributed by atoms with E-state index in [1.165, 1.54) is 0 Å². The number of hydrogen-bond donors (Lipinski definition) is 0. The van der Waals surface area contributed by atoms with Crippen molar-refractivity contribution in [3.05, 3.63) is 35.9 Å². The summed E-state index contributed by atoms with van der Waals surface area (Å²) >= 11 is 3.33. The van der Waals surface area contributed by atoms with Crippen LogP contribution >= 0.6 is 15.9 Å². The van der Waals surface area contributed by atoms with Crippen LogP contribution in [0.3, 0.4) is 0 Å². The standard InChI is InChI=1S/C12H15BrO2/c1-9(2)8-15-12(14)11(13)10-6-4-3-5-7-10/h3-7,9,11H,8H2,1-2H3/t11-/m1/s1. The summed E-state index contributed by atoms with van der Waals surface area (Å²) in [5, 5.41) is 0. The van der Waals surface area contributed by atoms with E-state index in [1.807, 2.05) is 44.2 Å². The summed E-state index contributed by atoms with van der Waals surface area (Å²) in [5.41, 5.74) is 0.922. The summed E-state index contributed by atoms with van der Waals surface area (Å²) in [4.78, 5) is 11.2. The Kier molecular flexibility index (Phi) is 4.82. The van der Waals surface area contributed by atoms with Crippen molar-refractivity contribution in [2.45, 2.75) is 18.7 Å². The summed E-state index contributed by atoms with van der Waals surface area (Å²) in [7, 11) is 0. The lowest BCUT2D eigenvalue weighted by Crippen LogP contribution is -2.14. The first-order chi connectivity index (χ1) is 7.11. The van der Waals surface area contributed by atoms with E-state index in [0.29, 0.717) is 12.5 Å². The van der Waals surface area contributed by atoms with Gasteiger partial charge in [0.2, 0.25) is 0 Å². The second-order valence-corrected chi connectivity index (χ2v) is 4.71. The molecule has 0 fully saturated rings. The molecular weight excluding hydrogens is 256 g/mol. The van der Waals surface area contributed by atoms with Gasteiger partial charge in [0.25, 0.3) is 0 Å². The first-order valence-corrected chi connectivity index (χ1v) is 5.88. The zero-order valence-corrected chi connectivity index (χ0v) is 10.5. The number of carbonyl (C=O) groups is 1. The van der Waals surface area contributed by atoms with E-state index in [2.05, 4.69) is 15.9 Å². The van der Waals surface area contributed by atoms with Gasteiger partial charge in [-0.2, -0.15) is 0 Å². The second kappa shape index (κ2) is 5.91. The van der Waals surface area contributed by atoms with Crippen molar-refractivity contribution >= 4 is 21.9 Å². The van der Waals surface area contributed by atoms with Crippen LogP contribution in [0.5, 0.6) is 0 Å². The van der Waals surface area contributed by atoms with Crippen LogP contribution in [0.15, 0.2) is 30.3 Å². The Morgan fingerprint density at radius 1 is 1.33 bits per heavy atom. The molecule has 0 heterocycles. The fraction of sp³-hybridized carbons (Fsp3) is 0.417. The Morgan fingerprint density at radius 3 is 2.47 bits per heavy atom. The summed E-state index contributed by atoms with van der Waals surface area (Å²) in [6.45, 7) is 4.49. The zero-order chi connectivity index (χ0) is 11.3. The number of esters is 1. The molecule has 82 valence electrons. The van der Waals surface area contributed by atoms with Crippen LogP contribution in [0.25, 0.3) is 0 Å². The minimum atomic E-state index is -0.363. The van der Waals surface area contributed by atoms with E-state index in [4.69, 9.17) is 4.74 Å². The molecule has 1 aromatic rings. The van der Waals surface area contributed by atoms with Gasteiger partial charge >= 0.3 is 5.97 Å². The van der Waals surface area contributed by atoms with Crippen LogP contribution in [-0.4, -0.2) is 12.6 Å². The number of hydrogen-bond acceptors (Lipinski definition) is 2. The van der Waals surface area contributed by atoms with Gasteiger partial charge in [0.1, 0.15) is 4.83 Å². The van der Waals surface area contributed by atoms with Gasteiger partial charge in [0.15, 0.2) is 0 Å². The molecular formula is C12H15BrO2. The molecule has 0 unspecified atom stereocenters. The molecule has 0 aliphatic rings. The van der Waals surface area contributed by atoms with Crippen molar-refractivity contribution in [1.29, 1.82) is 0 Å². The van der Waals surface area contributed by atoms with Gasteiger partial charge < -0.3 is 4.74 Å². The molecule has 0 saturated heterocycles. The van der Waals surface area contributed by atoms with Gasteiger partial charge in [-0.1, -0.05) is 60.1 Å². The summed E-state index contributed by atoms with van der Waals surface area (Å²) < 4.78 is 5.13. The molecule has 1 rings (SSSR count). The monoisotopic (exact) mass is 270 g/mol. The maximum atomic E-state index is 11.6. The molecule has 0 amide bonds. The third-order valence-electron chi connectivity index (χ3n) is 1.86. The molecule has 1 aromatic carbocycles. The lowest BCUT2D eigenvalue weighted by molar-refractivity contribution is -0.144. The number of benzene rings is 1.